The molecule has 0 aliphatic heterocycles. The first-order valence-electron chi connectivity index (χ1n) is 0. The molecule has 4 heavy (non-hydrogen) atoms. The van der Waals surface area contributed by atoms with Gasteiger partial charge in [0.05, 0.1) is 0 Å². The summed E-state index contributed by atoms with van der Waals surface area (Å²) < 4.78 is 0. The van der Waals surface area contributed by atoms with Crippen LogP contribution < -0.4 is 0 Å². The summed E-state index contributed by atoms with van der Waals surface area (Å²) in [6, 6.07) is 0. The first-order valence-corrected chi connectivity index (χ1v) is 0. The number of halogens is 1. The zero-order valence-corrected chi connectivity index (χ0v) is 4.32. The Labute approximate surface area is 43.4 Å². The Hall–Kier alpha value is 0.833. The predicted octanol–water partition coefficient (Wildman–Crippen LogP) is -1.23. The van der Waals surface area contributed by atoms with Crippen LogP contribution >= 0.6 is 12.4 Å². The van der Waals surface area contributed by atoms with E-state index in [2.05, 4.69) is 0 Å². The van der Waals surface area contributed by atoms with Gasteiger partial charge in [-0.3, -0.25) is 0 Å². The van der Waals surface area contributed by atoms with E-state index in [1.165, 1.54) is 0 Å². The maximum absolute atomic E-state index is 0. The van der Waals surface area contributed by atoms with E-state index in [1.807, 2.05) is 0 Å². The van der Waals surface area contributed by atoms with Gasteiger partial charge >= 0.3 is 0 Å². The van der Waals surface area contributed by atoms with Gasteiger partial charge in [0.15, 0.2) is 0 Å². The van der Waals surface area contributed by atoms with Crippen LogP contribution in [0.2, 0.25) is 0 Å². The molecule has 0 saturated carbocycles. The van der Waals surface area contributed by atoms with Gasteiger partial charge in [-0.15, -0.1) is 12.4 Å². The number of hydrogen-bond acceptors (Lipinski definition) is 0. The van der Waals surface area contributed by atoms with Crippen molar-refractivity contribution in [3.8, 4) is 0 Å². The molecule has 0 rings (SSSR count). The molecule has 0 aliphatic carbocycles. The van der Waals surface area contributed by atoms with Crippen molar-refractivity contribution in [2.75, 3.05) is 0 Å². The molecule has 0 aromatic rings. The monoisotopic (exact) mass is 174 g/mol. The van der Waals surface area contributed by atoms with Crippen LogP contribution in [0.15, 0.2) is 0 Å². The molecule has 0 fully saturated rings. The van der Waals surface area contributed by atoms with Gasteiger partial charge in [-0.2, -0.15) is 0 Å². The molecule has 0 aliphatic rings. The van der Waals surface area contributed by atoms with E-state index in [9.17, 15) is 0 Å². The molecule has 0 radical (unpaired) electrons. The van der Waals surface area contributed by atoms with Gasteiger partial charge in [0.2, 0.25) is 0 Å². The molecule has 0 heterocycles. The third-order valence-corrected chi connectivity index (χ3v) is 0. The first-order chi connectivity index (χ1) is 0. The fraction of sp³-hybridized carbons (Fsp3) is 0. The van der Waals surface area contributed by atoms with E-state index in [0.29, 0.717) is 0 Å². The molecular weight excluding hydrogens is 169 g/mol. The molecule has 0 saturated heterocycles. The Kier molecular flexibility index (Phi) is 1130. The van der Waals surface area contributed by atoms with Gasteiger partial charge in [0.25, 0.3) is 0 Å². The van der Waals surface area contributed by atoms with Gasteiger partial charge in [-0.25, -0.2) is 0 Å². The second kappa shape index (κ2) is 44.3. The zero-order valence-electron chi connectivity index (χ0n) is 1.76. The van der Waals surface area contributed by atoms with Crippen LogP contribution in [-0.4, -0.2) is 11.0 Å². The third kappa shape index (κ3) is 13.7. The Morgan fingerprint density at radius 1 is 0.750 bits per heavy atom. The fourth-order valence-electron chi connectivity index (χ4n) is 0. The molecule has 0 amide bonds. The van der Waals surface area contributed by atoms with Crippen molar-refractivity contribution in [1.82, 2.24) is 0 Å². The minimum atomic E-state index is 0. The van der Waals surface area contributed by atoms with Crippen molar-refractivity contribution >= 4 is 12.4 Å². The minimum absolute atomic E-state index is 0. The van der Waals surface area contributed by atoms with Gasteiger partial charge in [0.1, 0.15) is 0 Å². The van der Waals surface area contributed by atoms with Crippen LogP contribution in [0.3, 0.4) is 0 Å². The molecule has 0 atom stereocenters. The molecule has 0 bridgehead atoms. The van der Waals surface area contributed by atoms with Crippen molar-refractivity contribution < 1.29 is 30.4 Å². The molecule has 0 aromatic heterocycles. The second-order valence-electron chi connectivity index (χ2n) is 0. The van der Waals surface area contributed by atoms with Crippen LogP contribution in [0.1, 0.15) is 0 Å². The van der Waals surface area contributed by atoms with E-state index in [-0.39, 0.29) is 42.8 Å². The molecule has 2 nitrogen and oxygen atoms in total. The standard InChI is InChI=1S/ClH.2H2O.Ru/h1H;2*1H2;. The zero-order chi connectivity index (χ0) is 0. The van der Waals surface area contributed by atoms with Crippen molar-refractivity contribution in [3.63, 3.8) is 0 Å². The van der Waals surface area contributed by atoms with Crippen LogP contribution in [-0.2, 0) is 19.5 Å². The number of rotatable bonds is 0. The first kappa shape index (κ1) is 102. The summed E-state index contributed by atoms with van der Waals surface area (Å²) >= 11 is 0. The largest absolute Gasteiger partial charge is 0.412 e. The predicted molar refractivity (Wildman–Crippen MR) is 14.5 cm³/mol. The van der Waals surface area contributed by atoms with E-state index in [1.54, 1.807) is 0 Å². The van der Waals surface area contributed by atoms with Crippen LogP contribution in [0.25, 0.3) is 0 Å². The summed E-state index contributed by atoms with van der Waals surface area (Å²) in [7, 11) is 0. The average Bonchev–Trinajstić information content (AvgIpc) is 0. The summed E-state index contributed by atoms with van der Waals surface area (Å²) in [5.41, 5.74) is 0. The summed E-state index contributed by atoms with van der Waals surface area (Å²) in [5.74, 6) is 0. The molecular formula is H5ClO2Ru. The normalized spacial score (nSPS) is 0. The molecule has 4 heteroatoms. The van der Waals surface area contributed by atoms with E-state index < -0.39 is 0 Å². The van der Waals surface area contributed by atoms with Crippen molar-refractivity contribution in [2.45, 2.75) is 0 Å². The van der Waals surface area contributed by atoms with Crippen molar-refractivity contribution in [2.24, 2.45) is 0 Å². The van der Waals surface area contributed by atoms with E-state index in [0.717, 1.165) is 0 Å². The van der Waals surface area contributed by atoms with Gasteiger partial charge in [-0.05, 0) is 0 Å². The van der Waals surface area contributed by atoms with Gasteiger partial charge in [0, 0.05) is 19.5 Å². The van der Waals surface area contributed by atoms with Crippen LogP contribution in [0.4, 0.5) is 0 Å². The van der Waals surface area contributed by atoms with E-state index >= 15 is 0 Å². The molecule has 0 unspecified atom stereocenters. The number of hydrogen-bond donors (Lipinski definition) is 0. The maximum atomic E-state index is 0. The third-order valence-electron chi connectivity index (χ3n) is 0. The minimum Gasteiger partial charge on any atom is -0.412 e. The van der Waals surface area contributed by atoms with Gasteiger partial charge < -0.3 is 11.0 Å². The smallest absolute Gasteiger partial charge is 0 e. The quantitative estimate of drug-likeness (QED) is 0.412. The summed E-state index contributed by atoms with van der Waals surface area (Å²) in [4.78, 5) is 0. The summed E-state index contributed by atoms with van der Waals surface area (Å²) in [6.45, 7) is 0. The Bertz CT molecular complexity index is 6.00. The Morgan fingerprint density at radius 3 is 0.750 bits per heavy atom. The summed E-state index contributed by atoms with van der Waals surface area (Å²) in [5, 5.41) is 0. The average molecular weight is 174 g/mol. The fourth-order valence-corrected chi connectivity index (χ4v) is 0. The van der Waals surface area contributed by atoms with Crippen LogP contribution in [0, 0.1) is 0 Å². The second-order valence-corrected chi connectivity index (χ2v) is 0. The molecule has 0 spiro atoms. The van der Waals surface area contributed by atoms with Crippen LogP contribution in [0.5, 0.6) is 0 Å². The van der Waals surface area contributed by atoms with Gasteiger partial charge in [-0.1, -0.05) is 0 Å². The molecule has 4 N–H and O–H groups in total. The maximum Gasteiger partial charge on any atom is 0 e. The van der Waals surface area contributed by atoms with E-state index in [4.69, 9.17) is 0 Å². The summed E-state index contributed by atoms with van der Waals surface area (Å²) in [6.07, 6.45) is 0. The SMILES string of the molecule is Cl.O.O.[Ru]. The van der Waals surface area contributed by atoms with Crippen molar-refractivity contribution in [3.05, 3.63) is 0 Å². The Balaban J connectivity index is 0. The van der Waals surface area contributed by atoms with Crippen molar-refractivity contribution in [1.29, 1.82) is 0 Å². The molecule has 32 valence electrons. The Morgan fingerprint density at radius 2 is 0.750 bits per heavy atom. The topological polar surface area (TPSA) is 63.0 Å². The molecule has 0 aromatic carbocycles.